The van der Waals surface area contributed by atoms with Gasteiger partial charge in [0.05, 0.1) is 0 Å². The minimum absolute atomic E-state index is 0.00253. The molecule has 156 valence electrons. The number of nitrogens with zero attached hydrogens (tertiary/aromatic N) is 3. The van der Waals surface area contributed by atoms with Crippen LogP contribution in [-0.4, -0.2) is 65.3 Å². The number of rotatable bonds is 4. The Morgan fingerprint density at radius 2 is 1.50 bits per heavy atom. The van der Waals surface area contributed by atoms with Crippen molar-refractivity contribution < 1.29 is 14.4 Å². The highest BCUT2D eigenvalue weighted by Crippen LogP contribution is 2.17. The van der Waals surface area contributed by atoms with E-state index in [0.29, 0.717) is 44.7 Å². The second kappa shape index (κ2) is 8.98. The predicted molar refractivity (Wildman–Crippen MR) is 114 cm³/mol. The van der Waals surface area contributed by atoms with Crippen LogP contribution >= 0.6 is 0 Å². The number of hydrogen-bond acceptors (Lipinski definition) is 3. The number of nitrogens with one attached hydrogen (secondary N) is 1. The van der Waals surface area contributed by atoms with Crippen LogP contribution < -0.4 is 5.32 Å². The van der Waals surface area contributed by atoms with Crippen LogP contribution in [0.4, 0.5) is 10.5 Å². The van der Waals surface area contributed by atoms with E-state index in [0.717, 1.165) is 24.2 Å². The Hall–Kier alpha value is -3.35. The Morgan fingerprint density at radius 3 is 2.13 bits per heavy atom. The van der Waals surface area contributed by atoms with Gasteiger partial charge in [0.1, 0.15) is 0 Å². The van der Waals surface area contributed by atoms with Gasteiger partial charge in [-0.25, -0.2) is 4.79 Å². The van der Waals surface area contributed by atoms with Crippen molar-refractivity contribution in [3.05, 3.63) is 65.7 Å². The number of urea groups is 1. The molecule has 2 saturated heterocycles. The fraction of sp³-hybridized carbons (Fsp3) is 0.348. The summed E-state index contributed by atoms with van der Waals surface area (Å²) in [6.07, 6.45) is 1.57. The SMILES string of the molecule is O=C1CCCN1Cc1ccc(NC(=O)N2CCN(C(=O)c3ccccc3)CC2)cc1. The molecule has 2 heterocycles. The van der Waals surface area contributed by atoms with E-state index in [-0.39, 0.29) is 17.8 Å². The quantitative estimate of drug-likeness (QED) is 0.849. The molecule has 4 amide bonds. The van der Waals surface area contributed by atoms with E-state index in [1.54, 1.807) is 9.80 Å². The van der Waals surface area contributed by atoms with Gasteiger partial charge in [-0.15, -0.1) is 0 Å². The van der Waals surface area contributed by atoms with Gasteiger partial charge in [0.2, 0.25) is 5.91 Å². The molecule has 2 aromatic rings. The Morgan fingerprint density at radius 1 is 0.833 bits per heavy atom. The molecule has 0 bridgehead atoms. The van der Waals surface area contributed by atoms with Crippen molar-refractivity contribution in [2.75, 3.05) is 38.0 Å². The summed E-state index contributed by atoms with van der Waals surface area (Å²) in [7, 11) is 0. The highest BCUT2D eigenvalue weighted by atomic mass is 16.2. The predicted octanol–water partition coefficient (Wildman–Crippen LogP) is 2.80. The molecule has 7 nitrogen and oxygen atoms in total. The van der Waals surface area contributed by atoms with Gasteiger partial charge in [-0.05, 0) is 36.2 Å². The first-order valence-corrected chi connectivity index (χ1v) is 10.4. The number of piperazine rings is 1. The monoisotopic (exact) mass is 406 g/mol. The third-order valence-corrected chi connectivity index (χ3v) is 5.62. The first kappa shape index (κ1) is 19.9. The first-order valence-electron chi connectivity index (χ1n) is 10.4. The van der Waals surface area contributed by atoms with Crippen LogP contribution in [0.1, 0.15) is 28.8 Å². The third kappa shape index (κ3) is 4.62. The van der Waals surface area contributed by atoms with Crippen molar-refractivity contribution in [1.29, 1.82) is 0 Å². The third-order valence-electron chi connectivity index (χ3n) is 5.62. The molecule has 7 heteroatoms. The Bertz CT molecular complexity index is 906. The topological polar surface area (TPSA) is 73.0 Å². The maximum atomic E-state index is 12.6. The zero-order valence-corrected chi connectivity index (χ0v) is 16.9. The highest BCUT2D eigenvalue weighted by molar-refractivity contribution is 5.94. The molecule has 0 saturated carbocycles. The second-order valence-corrected chi connectivity index (χ2v) is 7.69. The van der Waals surface area contributed by atoms with E-state index >= 15 is 0 Å². The van der Waals surface area contributed by atoms with Crippen LogP contribution in [-0.2, 0) is 11.3 Å². The van der Waals surface area contributed by atoms with E-state index < -0.39 is 0 Å². The van der Waals surface area contributed by atoms with Gasteiger partial charge in [-0.2, -0.15) is 0 Å². The van der Waals surface area contributed by atoms with Crippen LogP contribution in [0.5, 0.6) is 0 Å². The Balaban J connectivity index is 1.26. The second-order valence-electron chi connectivity index (χ2n) is 7.69. The first-order chi connectivity index (χ1) is 14.6. The van der Waals surface area contributed by atoms with E-state index in [2.05, 4.69) is 5.32 Å². The zero-order chi connectivity index (χ0) is 20.9. The minimum atomic E-state index is -0.163. The number of benzene rings is 2. The van der Waals surface area contributed by atoms with Crippen molar-refractivity contribution >= 4 is 23.5 Å². The van der Waals surface area contributed by atoms with Crippen molar-refractivity contribution in [3.8, 4) is 0 Å². The van der Waals surface area contributed by atoms with Gasteiger partial charge in [-0.1, -0.05) is 30.3 Å². The lowest BCUT2D eigenvalue weighted by molar-refractivity contribution is -0.128. The van der Waals surface area contributed by atoms with E-state index in [1.165, 1.54) is 0 Å². The van der Waals surface area contributed by atoms with Gasteiger partial charge >= 0.3 is 6.03 Å². The van der Waals surface area contributed by atoms with E-state index in [4.69, 9.17) is 0 Å². The number of hydrogen-bond donors (Lipinski definition) is 1. The number of carbonyl (C=O) groups excluding carboxylic acids is 3. The van der Waals surface area contributed by atoms with Crippen molar-refractivity contribution in [2.24, 2.45) is 0 Å². The molecule has 0 unspecified atom stereocenters. The molecule has 0 aliphatic carbocycles. The van der Waals surface area contributed by atoms with Crippen LogP contribution in [0.2, 0.25) is 0 Å². The van der Waals surface area contributed by atoms with Crippen molar-refractivity contribution in [3.63, 3.8) is 0 Å². The van der Waals surface area contributed by atoms with Crippen LogP contribution in [0, 0.1) is 0 Å². The minimum Gasteiger partial charge on any atom is -0.338 e. The summed E-state index contributed by atoms with van der Waals surface area (Å²) in [5.41, 5.74) is 2.45. The summed E-state index contributed by atoms with van der Waals surface area (Å²) >= 11 is 0. The number of anilines is 1. The molecule has 2 aromatic carbocycles. The summed E-state index contributed by atoms with van der Waals surface area (Å²) in [6, 6.07) is 16.7. The lowest BCUT2D eigenvalue weighted by atomic mass is 10.2. The highest BCUT2D eigenvalue weighted by Gasteiger charge is 2.25. The van der Waals surface area contributed by atoms with Gasteiger partial charge in [-0.3, -0.25) is 9.59 Å². The molecular formula is C23H26N4O3. The summed E-state index contributed by atoms with van der Waals surface area (Å²) in [5, 5.41) is 2.92. The largest absolute Gasteiger partial charge is 0.338 e. The van der Waals surface area contributed by atoms with Crippen molar-refractivity contribution in [1.82, 2.24) is 14.7 Å². The number of amides is 4. The standard InChI is InChI=1S/C23H26N4O3/c28-21-7-4-12-27(21)17-18-8-10-20(11-9-18)24-23(30)26-15-13-25(14-16-26)22(29)19-5-2-1-3-6-19/h1-3,5-6,8-11H,4,7,12-17H2,(H,24,30). The van der Waals surface area contributed by atoms with Gasteiger partial charge in [0, 0.05) is 56.9 Å². The lowest BCUT2D eigenvalue weighted by Crippen LogP contribution is -2.51. The molecule has 0 aromatic heterocycles. The average molecular weight is 406 g/mol. The molecule has 2 aliphatic heterocycles. The molecule has 2 aliphatic rings. The van der Waals surface area contributed by atoms with Crippen LogP contribution in [0.15, 0.2) is 54.6 Å². The normalized spacial score (nSPS) is 16.7. The molecule has 0 spiro atoms. The van der Waals surface area contributed by atoms with Crippen LogP contribution in [0.3, 0.4) is 0 Å². The lowest BCUT2D eigenvalue weighted by Gasteiger charge is -2.34. The van der Waals surface area contributed by atoms with E-state index in [1.807, 2.05) is 59.5 Å². The average Bonchev–Trinajstić information content (AvgIpc) is 3.19. The molecule has 30 heavy (non-hydrogen) atoms. The zero-order valence-electron chi connectivity index (χ0n) is 16.9. The smallest absolute Gasteiger partial charge is 0.321 e. The van der Waals surface area contributed by atoms with E-state index in [9.17, 15) is 14.4 Å². The maximum absolute atomic E-state index is 12.6. The molecule has 4 rings (SSSR count). The fourth-order valence-corrected chi connectivity index (χ4v) is 3.86. The summed E-state index contributed by atoms with van der Waals surface area (Å²) in [4.78, 5) is 42.2. The van der Waals surface area contributed by atoms with Gasteiger partial charge in [0.15, 0.2) is 0 Å². The van der Waals surface area contributed by atoms with Crippen LogP contribution in [0.25, 0.3) is 0 Å². The van der Waals surface area contributed by atoms with Crippen molar-refractivity contribution in [2.45, 2.75) is 19.4 Å². The number of likely N-dealkylation sites (tertiary alicyclic amines) is 1. The fourth-order valence-electron chi connectivity index (χ4n) is 3.86. The Labute approximate surface area is 176 Å². The summed E-state index contributed by atoms with van der Waals surface area (Å²) in [5.74, 6) is 0.208. The summed E-state index contributed by atoms with van der Waals surface area (Å²) in [6.45, 7) is 3.47. The maximum Gasteiger partial charge on any atom is 0.321 e. The molecule has 0 atom stereocenters. The summed E-state index contributed by atoms with van der Waals surface area (Å²) < 4.78 is 0. The van der Waals surface area contributed by atoms with Gasteiger partial charge < -0.3 is 20.0 Å². The molecule has 0 radical (unpaired) electrons. The Kier molecular flexibility index (Phi) is 5.97. The molecular weight excluding hydrogens is 380 g/mol. The number of carbonyl (C=O) groups is 3. The molecule has 1 N–H and O–H groups in total. The molecule has 2 fully saturated rings. The van der Waals surface area contributed by atoms with Gasteiger partial charge in [0.25, 0.3) is 5.91 Å².